The molecule has 0 radical (unpaired) electrons. The summed E-state index contributed by atoms with van der Waals surface area (Å²) >= 11 is 0. The maximum absolute atomic E-state index is 6.49. The predicted molar refractivity (Wildman–Crippen MR) is 425 cm³/mol. The van der Waals surface area contributed by atoms with Crippen molar-refractivity contribution < 1.29 is 4.42 Å². The molecule has 2 aliphatic heterocycles. The molecule has 17 aromatic rings. The Bertz CT molecular complexity index is 5940. The number of furan rings is 1. The number of nitrogens with zero attached hydrogens (tertiary/aromatic N) is 2. The lowest BCUT2D eigenvalue weighted by Gasteiger charge is -2.46. The van der Waals surface area contributed by atoms with E-state index in [9.17, 15) is 0 Å². The normalized spacial score (nSPS) is 12.5. The molecule has 0 amide bonds. The predicted octanol–water partition coefficient (Wildman–Crippen LogP) is 24.6. The van der Waals surface area contributed by atoms with Gasteiger partial charge in [-0.25, -0.2) is 0 Å². The molecule has 470 valence electrons. The van der Waals surface area contributed by atoms with Crippen LogP contribution in [0.1, 0.15) is 26.3 Å². The van der Waals surface area contributed by atoms with Crippen LogP contribution in [0.5, 0.6) is 0 Å². The van der Waals surface area contributed by atoms with Gasteiger partial charge in [0.05, 0.1) is 11.4 Å². The minimum atomic E-state index is -0.307. The Kier molecular flexibility index (Phi) is 13.9. The molecule has 0 fully saturated rings. The van der Waals surface area contributed by atoms with Crippen molar-refractivity contribution in [1.29, 1.82) is 0 Å². The van der Waals surface area contributed by atoms with Crippen LogP contribution in [0, 0.1) is 0 Å². The van der Waals surface area contributed by atoms with Crippen molar-refractivity contribution in [2.75, 3.05) is 9.80 Å². The van der Waals surface area contributed by atoms with Gasteiger partial charge in [0.15, 0.2) is 0 Å². The standard InChI is InChI=1S/C96H67BN2O/c1-96(2,3)72-60-87-93-88(61-72)99(95-75(64-32-14-6-15-33-64)45-27-46-76(95)65-34-16-7-17-35-65)86-59-71(69-51-55-90-81(56-69)77-40-24-25-47-89(77)100-90)50-54-84(86)97(93)83-53-49-70(58-85(83)98(87)94-73(62-28-10-4-11-29-62)43-26-44-74(94)63-30-12-5-13-31-63)68-48-52-80-82(57-68)92(67-38-20-9-21-39-67)79-42-23-22-41-78(79)91(80)66-36-18-8-19-37-66/h4-61H,1-3H3. The van der Waals surface area contributed by atoms with Crippen LogP contribution in [-0.4, -0.2) is 6.71 Å². The van der Waals surface area contributed by atoms with Gasteiger partial charge in [-0.15, -0.1) is 0 Å². The SMILES string of the molecule is CC(C)(C)c1cc2c3c(c1)N(c1c(-c4ccccc4)cccc1-c1ccccc1)c1cc(-c4ccc5oc6ccccc6c5c4)ccc1B3c1ccc(-c3ccc4c(-c5ccccc5)c5ccccc5c(-c5ccccc5)c4c3)cc1N2c1c(-c2ccccc2)cccc1-c1ccccc1. The van der Waals surface area contributed by atoms with Crippen molar-refractivity contribution in [2.45, 2.75) is 26.2 Å². The Balaban J connectivity index is 0.941. The minimum Gasteiger partial charge on any atom is -0.456 e. The lowest BCUT2D eigenvalue weighted by molar-refractivity contribution is 0.590. The van der Waals surface area contributed by atoms with Gasteiger partial charge in [0.1, 0.15) is 11.2 Å². The van der Waals surface area contributed by atoms with Crippen molar-refractivity contribution >= 4 is 101 Å². The lowest BCUT2D eigenvalue weighted by atomic mass is 9.33. The summed E-state index contributed by atoms with van der Waals surface area (Å²) in [4.78, 5) is 5.36. The van der Waals surface area contributed by atoms with Gasteiger partial charge in [-0.3, -0.25) is 0 Å². The topological polar surface area (TPSA) is 19.6 Å². The molecule has 0 unspecified atom stereocenters. The van der Waals surface area contributed by atoms with Crippen molar-refractivity contribution in [3.05, 3.63) is 357 Å². The number of anilines is 6. The molecule has 0 N–H and O–H groups in total. The molecular weight excluding hydrogens is 1210 g/mol. The fourth-order valence-electron chi connectivity index (χ4n) is 16.3. The van der Waals surface area contributed by atoms with E-state index in [2.05, 4.69) is 382 Å². The van der Waals surface area contributed by atoms with E-state index in [1.807, 2.05) is 0 Å². The first-order valence-corrected chi connectivity index (χ1v) is 34.8. The minimum absolute atomic E-state index is 0.214. The fraction of sp³-hybridized carbons (Fsp3) is 0.0417. The molecule has 0 saturated heterocycles. The highest BCUT2D eigenvalue weighted by atomic mass is 16.3. The lowest BCUT2D eigenvalue weighted by Crippen LogP contribution is -2.61. The number of rotatable bonds is 10. The van der Waals surface area contributed by atoms with Crippen LogP contribution in [-0.2, 0) is 5.41 Å². The number of hydrogen-bond donors (Lipinski definition) is 0. The monoisotopic (exact) mass is 1270 g/mol. The zero-order valence-electron chi connectivity index (χ0n) is 55.9. The maximum Gasteiger partial charge on any atom is 0.252 e. The zero-order chi connectivity index (χ0) is 66.6. The van der Waals surface area contributed by atoms with E-state index < -0.39 is 0 Å². The third kappa shape index (κ3) is 9.65. The highest BCUT2D eigenvalue weighted by Gasteiger charge is 2.46. The second-order valence-electron chi connectivity index (χ2n) is 27.8. The van der Waals surface area contributed by atoms with E-state index in [1.54, 1.807) is 0 Å². The van der Waals surface area contributed by atoms with E-state index in [-0.39, 0.29) is 12.1 Å². The average molecular weight is 1280 g/mol. The molecule has 3 heterocycles. The first kappa shape index (κ1) is 58.8. The zero-order valence-corrected chi connectivity index (χ0v) is 55.9. The maximum atomic E-state index is 6.49. The summed E-state index contributed by atoms with van der Waals surface area (Å²) in [6, 6.07) is 131. The molecule has 0 atom stereocenters. The number of benzene rings is 16. The van der Waals surface area contributed by atoms with Crippen molar-refractivity contribution in [3.8, 4) is 89.0 Å². The molecule has 16 aromatic carbocycles. The smallest absolute Gasteiger partial charge is 0.252 e. The molecule has 0 saturated carbocycles. The molecular formula is C96H67BN2O. The highest BCUT2D eigenvalue weighted by Crippen LogP contribution is 2.55. The summed E-state index contributed by atoms with van der Waals surface area (Å²) < 4.78 is 6.49. The van der Waals surface area contributed by atoms with Gasteiger partial charge < -0.3 is 14.2 Å². The van der Waals surface area contributed by atoms with Crippen molar-refractivity contribution in [1.82, 2.24) is 0 Å². The fourth-order valence-corrected chi connectivity index (χ4v) is 16.3. The van der Waals surface area contributed by atoms with E-state index in [1.165, 1.54) is 65.8 Å². The largest absolute Gasteiger partial charge is 0.456 e. The molecule has 4 heteroatoms. The summed E-state index contributed by atoms with van der Waals surface area (Å²) in [6.45, 7) is 6.92. The first-order valence-electron chi connectivity index (χ1n) is 34.8. The Morgan fingerprint density at radius 1 is 0.250 bits per heavy atom. The van der Waals surface area contributed by atoms with Gasteiger partial charge in [0.25, 0.3) is 6.71 Å². The summed E-state index contributed by atoms with van der Waals surface area (Å²) in [5.41, 5.74) is 31.7. The quantitative estimate of drug-likeness (QED) is 0.100. The van der Waals surface area contributed by atoms with E-state index in [4.69, 9.17) is 4.42 Å². The van der Waals surface area contributed by atoms with Crippen molar-refractivity contribution in [3.63, 3.8) is 0 Å². The van der Waals surface area contributed by atoms with Gasteiger partial charge in [-0.05, 0) is 164 Å². The Labute approximate surface area is 583 Å². The van der Waals surface area contributed by atoms with Gasteiger partial charge in [-0.1, -0.05) is 324 Å². The molecule has 1 aromatic heterocycles. The Morgan fingerprint density at radius 3 is 1.03 bits per heavy atom. The van der Waals surface area contributed by atoms with E-state index in [0.717, 1.165) is 123 Å². The van der Waals surface area contributed by atoms with Crippen LogP contribution in [0.4, 0.5) is 34.1 Å². The van der Waals surface area contributed by atoms with Gasteiger partial charge in [0.2, 0.25) is 0 Å². The molecule has 3 nitrogen and oxygen atoms in total. The molecule has 0 bridgehead atoms. The van der Waals surface area contributed by atoms with Crippen LogP contribution in [0.25, 0.3) is 132 Å². The third-order valence-corrected chi connectivity index (χ3v) is 21.0. The van der Waals surface area contributed by atoms with E-state index >= 15 is 0 Å². The second-order valence-corrected chi connectivity index (χ2v) is 27.8. The van der Waals surface area contributed by atoms with Crippen molar-refractivity contribution in [2.24, 2.45) is 0 Å². The van der Waals surface area contributed by atoms with Gasteiger partial charge in [0, 0.05) is 55.8 Å². The molecule has 0 aliphatic carbocycles. The van der Waals surface area contributed by atoms with Crippen LogP contribution >= 0.6 is 0 Å². The summed E-state index contributed by atoms with van der Waals surface area (Å²) in [5.74, 6) is 0. The van der Waals surface area contributed by atoms with Crippen LogP contribution in [0.15, 0.2) is 356 Å². The number of fused-ring (bicyclic) bond motifs is 9. The van der Waals surface area contributed by atoms with Crippen LogP contribution in [0.3, 0.4) is 0 Å². The van der Waals surface area contributed by atoms with Gasteiger partial charge in [-0.2, -0.15) is 0 Å². The summed E-state index contributed by atoms with van der Waals surface area (Å²) in [6.07, 6.45) is 0. The summed E-state index contributed by atoms with van der Waals surface area (Å²) in [5, 5.41) is 7.11. The van der Waals surface area contributed by atoms with Crippen LogP contribution < -0.4 is 26.2 Å². The first-order chi connectivity index (χ1) is 49.3. The molecule has 100 heavy (non-hydrogen) atoms. The highest BCUT2D eigenvalue weighted by molar-refractivity contribution is 7.00. The average Bonchev–Trinajstić information content (AvgIpc) is 0.768. The van der Waals surface area contributed by atoms with Gasteiger partial charge >= 0.3 is 0 Å². The Morgan fingerprint density at radius 2 is 0.590 bits per heavy atom. The molecule has 19 rings (SSSR count). The number of hydrogen-bond acceptors (Lipinski definition) is 3. The molecule has 2 aliphatic rings. The second kappa shape index (κ2) is 23.7. The Hall–Kier alpha value is -12.5. The molecule has 0 spiro atoms. The van der Waals surface area contributed by atoms with Crippen LogP contribution in [0.2, 0.25) is 0 Å². The number of para-hydroxylation sites is 3. The third-order valence-electron chi connectivity index (χ3n) is 21.0. The summed E-state index contributed by atoms with van der Waals surface area (Å²) in [7, 11) is 0. The van der Waals surface area contributed by atoms with E-state index in [0.29, 0.717) is 0 Å².